The highest BCUT2D eigenvalue weighted by molar-refractivity contribution is 6.06. The van der Waals surface area contributed by atoms with Crippen LogP contribution in [0.4, 0.5) is 0 Å². The molecule has 0 aromatic heterocycles. The minimum absolute atomic E-state index is 0.0185. The number of hydrogen-bond donors (Lipinski definition) is 1. The lowest BCUT2D eigenvalue weighted by Crippen LogP contribution is -2.39. The Balaban J connectivity index is 1.90. The number of ether oxygens (including phenoxy) is 3. The second-order valence-electron chi connectivity index (χ2n) is 4.68. The summed E-state index contributed by atoms with van der Waals surface area (Å²) in [5, 5.41) is 16.1. The van der Waals surface area contributed by atoms with Gasteiger partial charge in [0.2, 0.25) is 6.10 Å². The Bertz CT molecular complexity index is 650. The summed E-state index contributed by atoms with van der Waals surface area (Å²) < 4.78 is 15.7. The summed E-state index contributed by atoms with van der Waals surface area (Å²) in [5.74, 6) is -1.63. The number of esters is 1. The van der Waals surface area contributed by atoms with Crippen molar-refractivity contribution in [2.45, 2.75) is 13.0 Å². The van der Waals surface area contributed by atoms with E-state index in [0.717, 1.165) is 0 Å². The molecule has 7 heteroatoms. The van der Waals surface area contributed by atoms with Gasteiger partial charge < -0.3 is 19.6 Å². The summed E-state index contributed by atoms with van der Waals surface area (Å²) in [5.41, 5.74) is -0.0882. The molecule has 0 aliphatic carbocycles. The molecule has 2 rings (SSSR count). The van der Waals surface area contributed by atoms with Crippen molar-refractivity contribution >= 4 is 17.5 Å². The number of nitrogens with one attached hydrogen (secondary N) is 1. The molecule has 0 saturated carbocycles. The number of carbonyl (C=O) groups excluding carboxylic acids is 2. The lowest BCUT2D eigenvalue weighted by atomic mass is 10.0. The van der Waals surface area contributed by atoms with Crippen molar-refractivity contribution in [2.24, 2.45) is 5.92 Å². The molecule has 0 fully saturated rings. The molecule has 0 saturated heterocycles. The summed E-state index contributed by atoms with van der Waals surface area (Å²) in [4.78, 5) is 23.6. The van der Waals surface area contributed by atoms with Crippen LogP contribution in [0.5, 0.6) is 11.5 Å². The Morgan fingerprint density at radius 2 is 2.14 bits per heavy atom. The smallest absolute Gasteiger partial charge is 0.351 e. The van der Waals surface area contributed by atoms with Crippen LogP contribution in [0.3, 0.4) is 0 Å². The molecule has 22 heavy (non-hydrogen) atoms. The van der Waals surface area contributed by atoms with Crippen LogP contribution in [0.25, 0.3) is 0 Å². The first-order chi connectivity index (χ1) is 10.5. The predicted molar refractivity (Wildman–Crippen MR) is 74.8 cm³/mol. The Morgan fingerprint density at radius 3 is 2.77 bits per heavy atom. The lowest BCUT2D eigenvalue weighted by Gasteiger charge is -2.24. The van der Waals surface area contributed by atoms with Crippen molar-refractivity contribution in [3.63, 3.8) is 0 Å². The number of carbonyl (C=O) groups is 2. The Hall–Kier alpha value is -2.88. The fourth-order valence-electron chi connectivity index (χ4n) is 1.86. The fourth-order valence-corrected chi connectivity index (χ4v) is 1.86. The number of benzene rings is 1. The van der Waals surface area contributed by atoms with Gasteiger partial charge in [0, 0.05) is 5.71 Å². The van der Waals surface area contributed by atoms with E-state index < -0.39 is 30.4 Å². The van der Waals surface area contributed by atoms with Gasteiger partial charge >= 0.3 is 5.97 Å². The van der Waals surface area contributed by atoms with Crippen molar-refractivity contribution in [2.75, 3.05) is 13.2 Å². The molecule has 1 heterocycles. The van der Waals surface area contributed by atoms with E-state index in [9.17, 15) is 9.59 Å². The first-order valence-corrected chi connectivity index (χ1v) is 6.55. The molecule has 1 aromatic carbocycles. The van der Waals surface area contributed by atoms with Gasteiger partial charge in [-0.3, -0.25) is 4.79 Å². The first-order valence-electron chi connectivity index (χ1n) is 6.55. The van der Waals surface area contributed by atoms with Crippen LogP contribution in [-0.2, 0) is 14.3 Å². The molecular formula is C15H14N2O5. The molecule has 1 aliphatic rings. The third kappa shape index (κ3) is 3.41. The minimum Gasteiger partial charge on any atom is -0.485 e. The maximum absolute atomic E-state index is 11.9. The molecule has 0 bridgehead atoms. The zero-order chi connectivity index (χ0) is 16.1. The molecular weight excluding hydrogens is 288 g/mol. The maximum atomic E-state index is 11.9. The summed E-state index contributed by atoms with van der Waals surface area (Å²) in [6.45, 7) is 0.757. The van der Waals surface area contributed by atoms with Gasteiger partial charge in [-0.15, -0.1) is 0 Å². The Labute approximate surface area is 126 Å². The van der Waals surface area contributed by atoms with Crippen LogP contribution in [0, 0.1) is 22.7 Å². The van der Waals surface area contributed by atoms with Gasteiger partial charge in [-0.25, -0.2) is 4.79 Å². The average Bonchev–Trinajstić information content (AvgIpc) is 2.52. The lowest BCUT2D eigenvalue weighted by molar-refractivity contribution is -0.157. The summed E-state index contributed by atoms with van der Waals surface area (Å²) in [7, 11) is 0. The van der Waals surface area contributed by atoms with Crippen molar-refractivity contribution in [3.8, 4) is 17.6 Å². The second-order valence-corrected chi connectivity index (χ2v) is 4.68. The number of Topliss-reactive ketones (excluding diaryl/α,β-unsaturated/α-hetero) is 1. The summed E-state index contributed by atoms with van der Waals surface area (Å²) in [6, 6.07) is 8.58. The number of nitrogens with zero attached hydrogens (tertiary/aromatic N) is 1. The van der Waals surface area contributed by atoms with Gasteiger partial charge in [0.15, 0.2) is 23.9 Å². The van der Waals surface area contributed by atoms with Crippen LogP contribution in [-0.4, -0.2) is 36.8 Å². The van der Waals surface area contributed by atoms with E-state index in [-0.39, 0.29) is 12.3 Å². The van der Waals surface area contributed by atoms with E-state index in [1.165, 1.54) is 6.92 Å². The normalized spacial score (nSPS) is 17.0. The summed E-state index contributed by atoms with van der Waals surface area (Å²) >= 11 is 0. The van der Waals surface area contributed by atoms with Crippen molar-refractivity contribution < 1.29 is 23.8 Å². The molecule has 0 amide bonds. The van der Waals surface area contributed by atoms with Crippen molar-refractivity contribution in [1.29, 1.82) is 10.7 Å². The number of hydrogen-bond acceptors (Lipinski definition) is 7. The Kier molecular flexibility index (Phi) is 4.73. The highest BCUT2D eigenvalue weighted by Gasteiger charge is 2.30. The van der Waals surface area contributed by atoms with Gasteiger partial charge in [0.25, 0.3) is 0 Å². The van der Waals surface area contributed by atoms with Gasteiger partial charge in [-0.2, -0.15) is 5.26 Å². The highest BCUT2D eigenvalue weighted by atomic mass is 16.6. The molecule has 0 spiro atoms. The molecule has 1 aromatic rings. The topological polar surface area (TPSA) is 109 Å². The highest BCUT2D eigenvalue weighted by Crippen LogP contribution is 2.31. The SMILES string of the molecule is CC(=N)C(C#N)C(=O)COC(=O)[C@@H]1COc2ccccc2O1. The maximum Gasteiger partial charge on any atom is 0.351 e. The van der Waals surface area contributed by atoms with Gasteiger partial charge in [0.05, 0.1) is 6.07 Å². The quantitative estimate of drug-likeness (QED) is 0.644. The van der Waals surface area contributed by atoms with Gasteiger partial charge in [0.1, 0.15) is 12.5 Å². The second kappa shape index (κ2) is 6.72. The van der Waals surface area contributed by atoms with Crippen LogP contribution < -0.4 is 9.47 Å². The molecule has 7 nitrogen and oxygen atoms in total. The monoisotopic (exact) mass is 302 g/mol. The van der Waals surface area contributed by atoms with E-state index in [1.807, 2.05) is 0 Å². The van der Waals surface area contributed by atoms with E-state index in [1.54, 1.807) is 30.3 Å². The fraction of sp³-hybridized carbons (Fsp3) is 0.333. The Morgan fingerprint density at radius 1 is 1.45 bits per heavy atom. The van der Waals surface area contributed by atoms with E-state index in [0.29, 0.717) is 11.5 Å². The number of rotatable bonds is 5. The third-order valence-corrected chi connectivity index (χ3v) is 3.01. The zero-order valence-electron chi connectivity index (χ0n) is 11.9. The van der Waals surface area contributed by atoms with Gasteiger partial charge in [-0.05, 0) is 19.1 Å². The first kappa shape index (κ1) is 15.5. The third-order valence-electron chi connectivity index (χ3n) is 3.01. The van der Waals surface area contributed by atoms with Crippen molar-refractivity contribution in [1.82, 2.24) is 0 Å². The summed E-state index contributed by atoms with van der Waals surface area (Å²) in [6.07, 6.45) is -0.968. The molecule has 1 N–H and O–H groups in total. The molecule has 1 aliphatic heterocycles. The number of nitriles is 1. The van der Waals surface area contributed by atoms with Crippen molar-refractivity contribution in [3.05, 3.63) is 24.3 Å². The van der Waals surface area contributed by atoms with E-state index in [4.69, 9.17) is 24.9 Å². The average molecular weight is 302 g/mol. The number of fused-ring (bicyclic) bond motifs is 1. The predicted octanol–water partition coefficient (Wildman–Crippen LogP) is 1.12. The largest absolute Gasteiger partial charge is 0.485 e. The number of ketones is 1. The van der Waals surface area contributed by atoms with Gasteiger partial charge in [-0.1, -0.05) is 12.1 Å². The molecule has 114 valence electrons. The van der Waals surface area contributed by atoms with Crippen LogP contribution in [0.1, 0.15) is 6.92 Å². The number of para-hydroxylation sites is 2. The standard InChI is InChI=1S/C15H14N2O5/c1-9(17)10(6-16)11(18)7-21-15(19)14-8-20-12-4-2-3-5-13(12)22-14/h2-5,10,14,17H,7-8H2,1H3/t10?,14-/m0/s1. The van der Waals surface area contributed by atoms with Crippen LogP contribution in [0.2, 0.25) is 0 Å². The van der Waals surface area contributed by atoms with E-state index >= 15 is 0 Å². The zero-order valence-corrected chi connectivity index (χ0v) is 11.9. The molecule has 1 unspecified atom stereocenters. The molecule has 2 atom stereocenters. The van der Waals surface area contributed by atoms with Crippen LogP contribution in [0.15, 0.2) is 24.3 Å². The van der Waals surface area contributed by atoms with Crippen LogP contribution >= 0.6 is 0 Å². The minimum atomic E-state index is -1.20. The van der Waals surface area contributed by atoms with E-state index in [2.05, 4.69) is 0 Å². The molecule has 0 radical (unpaired) electrons.